The van der Waals surface area contributed by atoms with Gasteiger partial charge in [0.25, 0.3) is 5.56 Å². The predicted octanol–water partition coefficient (Wildman–Crippen LogP) is 3.65. The van der Waals surface area contributed by atoms with E-state index in [9.17, 15) is 19.2 Å². The van der Waals surface area contributed by atoms with Gasteiger partial charge in [-0.15, -0.1) is 0 Å². The second-order valence-corrected chi connectivity index (χ2v) is 8.51. The highest BCUT2D eigenvalue weighted by Crippen LogP contribution is 2.17. The van der Waals surface area contributed by atoms with E-state index in [1.807, 2.05) is 11.5 Å². The van der Waals surface area contributed by atoms with E-state index in [2.05, 4.69) is 22.2 Å². The molecule has 2 heterocycles. The molecule has 0 unspecified atom stereocenters. The first-order valence-corrected chi connectivity index (χ1v) is 12.0. The summed E-state index contributed by atoms with van der Waals surface area (Å²) in [5, 5.41) is 2.82. The number of carbonyl (C=O) groups is 2. The van der Waals surface area contributed by atoms with Crippen LogP contribution in [0.3, 0.4) is 0 Å². The van der Waals surface area contributed by atoms with E-state index < -0.39 is 11.2 Å². The number of aryl methyl sites for hydroxylation is 3. The first kappa shape index (κ1) is 25.1. The van der Waals surface area contributed by atoms with Crippen molar-refractivity contribution in [2.45, 2.75) is 78.8 Å². The molecule has 0 atom stereocenters. The Morgan fingerprint density at radius 2 is 1.76 bits per heavy atom. The number of amides is 1. The maximum Gasteiger partial charge on any atom is 0.330 e. The van der Waals surface area contributed by atoms with Crippen LogP contribution in [0.25, 0.3) is 11.2 Å². The van der Waals surface area contributed by atoms with Crippen LogP contribution in [0.2, 0.25) is 0 Å². The van der Waals surface area contributed by atoms with E-state index in [1.54, 1.807) is 24.3 Å². The number of H-pyrrole nitrogens is 1. The number of hydrogen-bond donors (Lipinski definition) is 2. The second kappa shape index (κ2) is 11.6. The number of Topliss-reactive ketones (excluding diaryl/α,β-unsaturated/α-hetero) is 1. The number of nitrogens with zero attached hydrogens (tertiary/aromatic N) is 3. The number of imidazole rings is 1. The van der Waals surface area contributed by atoms with Crippen LogP contribution in [0.1, 0.15) is 75.5 Å². The minimum absolute atomic E-state index is 0.0729. The Kier molecular flexibility index (Phi) is 8.56. The number of unbranched alkanes of at least 4 members (excludes halogenated alkanes) is 3. The van der Waals surface area contributed by atoms with Gasteiger partial charge in [-0.2, -0.15) is 0 Å². The van der Waals surface area contributed by atoms with Crippen molar-refractivity contribution in [3.63, 3.8) is 0 Å². The van der Waals surface area contributed by atoms with Crippen molar-refractivity contribution in [3.8, 4) is 0 Å². The molecule has 34 heavy (non-hydrogen) atoms. The fraction of sp³-hybridized carbons (Fsp3) is 0.480. The molecule has 0 spiro atoms. The minimum Gasteiger partial charge on any atom is -0.326 e. The van der Waals surface area contributed by atoms with Crippen molar-refractivity contribution in [3.05, 3.63) is 56.5 Å². The van der Waals surface area contributed by atoms with Crippen LogP contribution >= 0.6 is 0 Å². The average molecular weight is 468 g/mol. The zero-order chi connectivity index (χ0) is 24.7. The topological polar surface area (TPSA) is 119 Å². The summed E-state index contributed by atoms with van der Waals surface area (Å²) < 4.78 is 3.38. The third-order valence-electron chi connectivity index (χ3n) is 5.81. The quantitative estimate of drug-likeness (QED) is 0.311. The van der Waals surface area contributed by atoms with Crippen LogP contribution < -0.4 is 16.6 Å². The number of aromatic amines is 1. The first-order valence-electron chi connectivity index (χ1n) is 12.0. The molecule has 1 amide bonds. The molecular weight excluding hydrogens is 434 g/mol. The highest BCUT2D eigenvalue weighted by molar-refractivity contribution is 5.97. The molecule has 0 aliphatic carbocycles. The lowest BCUT2D eigenvalue weighted by Gasteiger charge is -2.09. The Hall–Kier alpha value is -3.49. The number of aromatic nitrogens is 4. The fourth-order valence-electron chi connectivity index (χ4n) is 3.96. The number of carbonyl (C=O) groups excluding carboxylic acids is 2. The molecule has 3 aromatic rings. The van der Waals surface area contributed by atoms with Gasteiger partial charge in [0.15, 0.2) is 16.9 Å². The van der Waals surface area contributed by atoms with Gasteiger partial charge in [-0.3, -0.25) is 23.9 Å². The fourth-order valence-corrected chi connectivity index (χ4v) is 3.96. The molecule has 0 saturated heterocycles. The summed E-state index contributed by atoms with van der Waals surface area (Å²) in [7, 11) is 0. The van der Waals surface area contributed by atoms with Gasteiger partial charge < -0.3 is 9.88 Å². The third-order valence-corrected chi connectivity index (χ3v) is 5.81. The van der Waals surface area contributed by atoms with Gasteiger partial charge in [0.05, 0.1) is 0 Å². The summed E-state index contributed by atoms with van der Waals surface area (Å²) in [6, 6.07) is 6.80. The van der Waals surface area contributed by atoms with Crippen molar-refractivity contribution in [1.82, 2.24) is 19.1 Å². The number of fused-ring (bicyclic) bond motifs is 1. The van der Waals surface area contributed by atoms with E-state index in [-0.39, 0.29) is 18.1 Å². The molecule has 1 aromatic carbocycles. The molecule has 2 aromatic heterocycles. The van der Waals surface area contributed by atoms with E-state index in [0.29, 0.717) is 47.7 Å². The van der Waals surface area contributed by atoms with Crippen LogP contribution in [0.15, 0.2) is 33.9 Å². The number of ketones is 1. The Balaban J connectivity index is 1.88. The van der Waals surface area contributed by atoms with E-state index in [4.69, 9.17) is 0 Å². The summed E-state index contributed by atoms with van der Waals surface area (Å²) in [4.78, 5) is 56.5. The summed E-state index contributed by atoms with van der Waals surface area (Å²) in [5.74, 6) is 0.321. The van der Waals surface area contributed by atoms with Crippen LogP contribution in [0.4, 0.5) is 5.69 Å². The maximum atomic E-state index is 12.7. The first-order chi connectivity index (χ1) is 16.3. The van der Waals surface area contributed by atoms with Crippen molar-refractivity contribution in [2.75, 3.05) is 5.32 Å². The Morgan fingerprint density at radius 3 is 2.47 bits per heavy atom. The average Bonchev–Trinajstić information content (AvgIpc) is 3.16. The molecule has 3 rings (SSSR count). The number of rotatable bonds is 12. The van der Waals surface area contributed by atoms with E-state index in [0.717, 1.165) is 32.1 Å². The molecule has 182 valence electrons. The predicted molar refractivity (Wildman–Crippen MR) is 132 cm³/mol. The lowest BCUT2D eigenvalue weighted by molar-refractivity contribution is -0.116. The van der Waals surface area contributed by atoms with Gasteiger partial charge in [-0.25, -0.2) is 9.78 Å². The molecular formula is C25H33N5O4. The van der Waals surface area contributed by atoms with Crippen molar-refractivity contribution in [1.29, 1.82) is 0 Å². The lowest BCUT2D eigenvalue weighted by Crippen LogP contribution is -2.31. The molecule has 0 radical (unpaired) electrons. The molecule has 0 bridgehead atoms. The number of benzene rings is 1. The largest absolute Gasteiger partial charge is 0.330 e. The molecule has 0 aliphatic heterocycles. The van der Waals surface area contributed by atoms with Crippen molar-refractivity contribution >= 4 is 28.5 Å². The van der Waals surface area contributed by atoms with Gasteiger partial charge in [0.1, 0.15) is 5.82 Å². The second-order valence-electron chi connectivity index (χ2n) is 8.51. The summed E-state index contributed by atoms with van der Waals surface area (Å²) in [6.45, 7) is 6.69. The zero-order valence-corrected chi connectivity index (χ0v) is 20.1. The van der Waals surface area contributed by atoms with E-state index in [1.165, 1.54) is 11.5 Å². The summed E-state index contributed by atoms with van der Waals surface area (Å²) in [5.41, 5.74) is 0.936. The number of nitrogens with one attached hydrogen (secondary N) is 2. The Labute approximate surface area is 198 Å². The zero-order valence-electron chi connectivity index (χ0n) is 20.1. The van der Waals surface area contributed by atoms with Crippen molar-refractivity contribution in [2.24, 2.45) is 0 Å². The molecule has 0 aliphatic rings. The summed E-state index contributed by atoms with van der Waals surface area (Å²) >= 11 is 0. The van der Waals surface area contributed by atoms with Gasteiger partial charge in [0.2, 0.25) is 5.91 Å². The third kappa shape index (κ3) is 5.89. The smallest absolute Gasteiger partial charge is 0.326 e. The monoisotopic (exact) mass is 467 g/mol. The standard InChI is InChI=1S/C25H33N5O4/c1-4-6-8-15-29-20(12-13-21(32)26-19-11-9-10-18(16-19)17(3)31)27-23-22(29)24(33)28-25(34)30(23)14-7-5-2/h9-11,16H,4-8,12-15H2,1-3H3,(H,26,32)(H,28,33,34). The molecule has 9 nitrogen and oxygen atoms in total. The Bertz CT molecular complexity index is 1280. The summed E-state index contributed by atoms with van der Waals surface area (Å²) in [6.07, 6.45) is 5.06. The van der Waals surface area contributed by atoms with Crippen LogP contribution in [-0.2, 0) is 24.3 Å². The van der Waals surface area contributed by atoms with Gasteiger partial charge in [-0.1, -0.05) is 45.2 Å². The SMILES string of the molecule is CCCCCn1c(CCC(=O)Nc2cccc(C(C)=O)c2)nc2c1c(=O)[nH]c(=O)n2CCCC. The Morgan fingerprint density at radius 1 is 1.03 bits per heavy atom. The molecule has 0 fully saturated rings. The van der Waals surface area contributed by atoms with Gasteiger partial charge >= 0.3 is 5.69 Å². The molecule has 0 saturated carbocycles. The van der Waals surface area contributed by atoms with Crippen molar-refractivity contribution < 1.29 is 9.59 Å². The maximum absolute atomic E-state index is 12.7. The van der Waals surface area contributed by atoms with Gasteiger partial charge in [0, 0.05) is 37.2 Å². The number of anilines is 1. The highest BCUT2D eigenvalue weighted by atomic mass is 16.2. The van der Waals surface area contributed by atoms with Crippen LogP contribution in [0, 0.1) is 0 Å². The van der Waals surface area contributed by atoms with E-state index >= 15 is 0 Å². The number of hydrogen-bond acceptors (Lipinski definition) is 5. The lowest BCUT2D eigenvalue weighted by atomic mass is 10.1. The minimum atomic E-state index is -0.459. The molecule has 9 heteroatoms. The van der Waals surface area contributed by atoms with Crippen LogP contribution in [-0.4, -0.2) is 30.8 Å². The normalized spacial score (nSPS) is 11.1. The highest BCUT2D eigenvalue weighted by Gasteiger charge is 2.19. The molecule has 2 N–H and O–H groups in total. The van der Waals surface area contributed by atoms with Gasteiger partial charge in [-0.05, 0) is 31.9 Å². The van der Waals surface area contributed by atoms with Crippen LogP contribution in [0.5, 0.6) is 0 Å².